The van der Waals surface area contributed by atoms with Crippen LogP contribution in [-0.4, -0.2) is 37.2 Å². The van der Waals surface area contributed by atoms with Gasteiger partial charge in [0.1, 0.15) is 0 Å². The summed E-state index contributed by atoms with van der Waals surface area (Å²) in [6.07, 6.45) is 1.22. The minimum Gasteiger partial charge on any atom is -0.230 e. The van der Waals surface area contributed by atoms with E-state index >= 15 is 0 Å². The van der Waals surface area contributed by atoms with Crippen molar-refractivity contribution in [1.82, 2.24) is 0 Å². The molecule has 8 heteroatoms. The Hall–Kier alpha value is -0.630. The lowest BCUT2D eigenvalue weighted by Gasteiger charge is -2.02. The Morgan fingerprint density at radius 1 is 1.47 bits per heavy atom. The van der Waals surface area contributed by atoms with E-state index in [1.54, 1.807) is 13.8 Å². The zero-order chi connectivity index (χ0) is 15.1. The van der Waals surface area contributed by atoms with Crippen LogP contribution in [0.1, 0.15) is 26.7 Å². The van der Waals surface area contributed by atoms with Crippen molar-refractivity contribution in [1.29, 1.82) is 0 Å². The molecule has 0 aliphatic rings. The van der Waals surface area contributed by atoms with Crippen LogP contribution in [-0.2, 0) is 9.84 Å². The van der Waals surface area contributed by atoms with Crippen molar-refractivity contribution in [2.24, 2.45) is 9.98 Å². The number of aliphatic imine (C=N–C) groups is 2. The number of sulfone groups is 1. The second kappa shape index (κ2) is 8.52. The van der Waals surface area contributed by atoms with E-state index in [0.717, 1.165) is 12.3 Å². The van der Waals surface area contributed by atoms with Gasteiger partial charge in [0.05, 0.1) is 5.83 Å². The van der Waals surface area contributed by atoms with Gasteiger partial charge in [-0.15, -0.1) is 0 Å². The summed E-state index contributed by atoms with van der Waals surface area (Å²) in [5.74, 6) is -0.462. The topological polar surface area (TPSA) is 58.9 Å². The predicted octanol–water partition coefficient (Wildman–Crippen LogP) is 3.19. The SMILES string of the molecule is CC/C(F)=C\CC(F)/N=C(\N=C/C(C)Br)S(C)(=O)=O. The average Bonchev–Trinajstić information content (AvgIpc) is 2.29. The summed E-state index contributed by atoms with van der Waals surface area (Å²) in [5.41, 5.74) is 0. The van der Waals surface area contributed by atoms with E-state index in [9.17, 15) is 17.2 Å². The van der Waals surface area contributed by atoms with Gasteiger partial charge in [0.25, 0.3) is 0 Å². The van der Waals surface area contributed by atoms with E-state index in [4.69, 9.17) is 0 Å². The third-order valence-corrected chi connectivity index (χ3v) is 2.95. The van der Waals surface area contributed by atoms with Crippen molar-refractivity contribution in [3.8, 4) is 0 Å². The van der Waals surface area contributed by atoms with E-state index in [0.29, 0.717) is 0 Å². The minimum absolute atomic E-state index is 0.161. The lowest BCUT2D eigenvalue weighted by atomic mass is 10.3. The van der Waals surface area contributed by atoms with Gasteiger partial charge in [0.15, 0.2) is 6.30 Å². The number of allylic oxidation sites excluding steroid dienone is 1. The van der Waals surface area contributed by atoms with Gasteiger partial charge in [-0.25, -0.2) is 27.2 Å². The fourth-order valence-corrected chi connectivity index (χ4v) is 1.61. The van der Waals surface area contributed by atoms with Crippen LogP contribution in [0.15, 0.2) is 21.9 Å². The van der Waals surface area contributed by atoms with Crippen molar-refractivity contribution >= 4 is 37.1 Å². The van der Waals surface area contributed by atoms with Crippen molar-refractivity contribution in [3.05, 3.63) is 11.9 Å². The summed E-state index contributed by atoms with van der Waals surface area (Å²) >= 11 is 3.14. The van der Waals surface area contributed by atoms with Crippen LogP contribution >= 0.6 is 15.9 Å². The zero-order valence-electron chi connectivity index (χ0n) is 11.0. The van der Waals surface area contributed by atoms with Gasteiger partial charge in [-0.05, 0) is 19.4 Å². The van der Waals surface area contributed by atoms with Crippen LogP contribution in [0.3, 0.4) is 0 Å². The van der Waals surface area contributed by atoms with Gasteiger partial charge in [-0.3, -0.25) is 0 Å². The number of amidine groups is 1. The van der Waals surface area contributed by atoms with Crippen LogP contribution in [0.25, 0.3) is 0 Å². The van der Waals surface area contributed by atoms with Gasteiger partial charge in [-0.1, -0.05) is 22.9 Å². The smallest absolute Gasteiger partial charge is 0.230 e. The van der Waals surface area contributed by atoms with E-state index in [-0.39, 0.29) is 17.7 Å². The average molecular weight is 359 g/mol. The summed E-state index contributed by atoms with van der Waals surface area (Å²) in [7, 11) is -3.72. The van der Waals surface area contributed by atoms with Crippen LogP contribution in [0.5, 0.6) is 0 Å². The normalized spacial score (nSPS) is 17.8. The quantitative estimate of drug-likeness (QED) is 0.328. The number of rotatable bonds is 5. The highest BCUT2D eigenvalue weighted by Crippen LogP contribution is 2.10. The molecule has 2 atom stereocenters. The lowest BCUT2D eigenvalue weighted by Crippen LogP contribution is -2.14. The van der Waals surface area contributed by atoms with Crippen LogP contribution in [0.4, 0.5) is 8.78 Å². The van der Waals surface area contributed by atoms with Gasteiger partial charge < -0.3 is 0 Å². The van der Waals surface area contributed by atoms with Gasteiger partial charge >= 0.3 is 0 Å². The summed E-state index contributed by atoms with van der Waals surface area (Å²) < 4.78 is 49.0. The van der Waals surface area contributed by atoms with Crippen molar-refractivity contribution in [2.45, 2.75) is 37.8 Å². The molecular weight excluding hydrogens is 342 g/mol. The first-order chi connectivity index (χ1) is 8.66. The van der Waals surface area contributed by atoms with Crippen LogP contribution in [0, 0.1) is 0 Å². The molecule has 0 aliphatic heterocycles. The van der Waals surface area contributed by atoms with E-state index in [2.05, 4.69) is 25.9 Å². The Morgan fingerprint density at radius 2 is 2.05 bits per heavy atom. The molecule has 0 N–H and O–H groups in total. The highest BCUT2D eigenvalue weighted by atomic mass is 79.9. The molecule has 19 heavy (non-hydrogen) atoms. The van der Waals surface area contributed by atoms with Crippen LogP contribution in [0.2, 0.25) is 0 Å². The van der Waals surface area contributed by atoms with E-state index in [1.807, 2.05) is 0 Å². The zero-order valence-corrected chi connectivity index (χ0v) is 13.4. The Morgan fingerprint density at radius 3 is 2.47 bits per heavy atom. The highest BCUT2D eigenvalue weighted by molar-refractivity contribution is 9.09. The molecule has 0 aliphatic carbocycles. The molecule has 0 aromatic rings. The first-order valence-corrected chi connectivity index (χ1v) is 8.42. The second-order valence-electron chi connectivity index (χ2n) is 3.81. The van der Waals surface area contributed by atoms with E-state index < -0.39 is 27.1 Å². The molecule has 4 nitrogen and oxygen atoms in total. The molecule has 0 bridgehead atoms. The first kappa shape index (κ1) is 18.4. The lowest BCUT2D eigenvalue weighted by molar-refractivity contribution is 0.348. The molecular formula is C11H17BrF2N2O2S. The van der Waals surface area contributed by atoms with Crippen LogP contribution < -0.4 is 0 Å². The van der Waals surface area contributed by atoms with Gasteiger partial charge in [0.2, 0.25) is 15.0 Å². The predicted molar refractivity (Wildman–Crippen MR) is 78.2 cm³/mol. The van der Waals surface area contributed by atoms with Crippen molar-refractivity contribution in [3.63, 3.8) is 0 Å². The Bertz CT molecular complexity index is 473. The highest BCUT2D eigenvalue weighted by Gasteiger charge is 2.15. The number of halogens is 3. The monoisotopic (exact) mass is 358 g/mol. The Balaban J connectivity index is 5.02. The molecule has 0 heterocycles. The molecule has 0 spiro atoms. The summed E-state index contributed by atoms with van der Waals surface area (Å²) in [5, 5.41) is -0.600. The maximum Gasteiger partial charge on any atom is 0.244 e. The fraction of sp³-hybridized carbons (Fsp3) is 0.636. The van der Waals surface area contributed by atoms with Gasteiger partial charge in [0, 0.05) is 23.7 Å². The molecule has 0 aromatic heterocycles. The Labute approximate surface area is 120 Å². The maximum atomic E-state index is 13.5. The molecule has 0 amide bonds. The molecule has 2 unspecified atom stereocenters. The summed E-state index contributed by atoms with van der Waals surface area (Å²) in [4.78, 5) is 6.80. The molecule has 0 saturated carbocycles. The largest absolute Gasteiger partial charge is 0.244 e. The van der Waals surface area contributed by atoms with Crippen molar-refractivity contribution < 1.29 is 17.2 Å². The molecule has 0 fully saturated rings. The number of hydrogen-bond donors (Lipinski definition) is 0. The summed E-state index contributed by atoms with van der Waals surface area (Å²) in [6.45, 7) is 3.31. The number of alkyl halides is 2. The van der Waals surface area contributed by atoms with Gasteiger partial charge in [-0.2, -0.15) is 0 Å². The Kier molecular flexibility index (Phi) is 8.24. The summed E-state index contributed by atoms with van der Waals surface area (Å²) in [6, 6.07) is 0. The molecule has 0 saturated heterocycles. The third kappa shape index (κ3) is 8.99. The third-order valence-electron chi connectivity index (χ3n) is 1.84. The molecule has 0 rings (SSSR count). The first-order valence-electron chi connectivity index (χ1n) is 5.61. The standard InChI is InChI=1S/C11H17BrF2N2O2S/c1-4-9(13)5-6-10(14)16-11(19(3,17)18)15-7-8(2)12/h5,7-8,10H,4,6H2,1-3H3/b9-5+,15-7-,16-11+. The number of hydrogen-bond acceptors (Lipinski definition) is 3. The maximum absolute atomic E-state index is 13.5. The van der Waals surface area contributed by atoms with E-state index in [1.165, 1.54) is 6.21 Å². The second-order valence-corrected chi connectivity index (χ2v) is 7.17. The van der Waals surface area contributed by atoms with Crippen molar-refractivity contribution in [2.75, 3.05) is 6.26 Å². The number of nitrogens with zero attached hydrogens (tertiary/aromatic N) is 2. The minimum atomic E-state index is -3.72. The molecule has 110 valence electrons. The fourth-order valence-electron chi connectivity index (χ4n) is 0.933. The molecule has 0 radical (unpaired) electrons. The molecule has 0 aromatic carbocycles.